The molecule has 2 heterocycles. The lowest BCUT2D eigenvalue weighted by Gasteiger charge is -2.14. The average molecular weight is 210 g/mol. The van der Waals surface area contributed by atoms with Crippen LogP contribution in [0.4, 0.5) is 0 Å². The van der Waals surface area contributed by atoms with E-state index < -0.39 is 6.10 Å². The van der Waals surface area contributed by atoms with Crippen molar-refractivity contribution in [1.82, 2.24) is 9.78 Å². The SMILES string of the molecule is CC(C)n1cc(C(O)C2CCOC2)cn1. The summed E-state index contributed by atoms with van der Waals surface area (Å²) in [7, 11) is 0. The highest BCUT2D eigenvalue weighted by Crippen LogP contribution is 2.28. The van der Waals surface area contributed by atoms with Crippen molar-refractivity contribution in [1.29, 1.82) is 0 Å². The molecule has 84 valence electrons. The fourth-order valence-corrected chi connectivity index (χ4v) is 1.86. The Labute approximate surface area is 89.9 Å². The van der Waals surface area contributed by atoms with Gasteiger partial charge in [0.25, 0.3) is 0 Å². The van der Waals surface area contributed by atoms with E-state index in [0.717, 1.165) is 18.6 Å². The Balaban J connectivity index is 2.07. The first-order valence-electron chi connectivity index (χ1n) is 5.48. The zero-order valence-electron chi connectivity index (χ0n) is 9.26. The third-order valence-electron chi connectivity index (χ3n) is 2.90. The third-order valence-corrected chi connectivity index (χ3v) is 2.90. The van der Waals surface area contributed by atoms with Crippen LogP contribution in [0.2, 0.25) is 0 Å². The van der Waals surface area contributed by atoms with Crippen LogP contribution in [0.15, 0.2) is 12.4 Å². The van der Waals surface area contributed by atoms with E-state index >= 15 is 0 Å². The number of hydrogen-bond donors (Lipinski definition) is 1. The van der Waals surface area contributed by atoms with E-state index in [0.29, 0.717) is 12.6 Å². The fraction of sp³-hybridized carbons (Fsp3) is 0.727. The lowest BCUT2D eigenvalue weighted by Crippen LogP contribution is -2.11. The van der Waals surface area contributed by atoms with Gasteiger partial charge >= 0.3 is 0 Å². The first-order chi connectivity index (χ1) is 7.18. The summed E-state index contributed by atoms with van der Waals surface area (Å²) < 4.78 is 7.14. The van der Waals surface area contributed by atoms with Gasteiger partial charge < -0.3 is 9.84 Å². The van der Waals surface area contributed by atoms with Crippen LogP contribution in [-0.4, -0.2) is 28.1 Å². The zero-order valence-corrected chi connectivity index (χ0v) is 9.26. The van der Waals surface area contributed by atoms with Gasteiger partial charge in [0.2, 0.25) is 0 Å². The summed E-state index contributed by atoms with van der Waals surface area (Å²) in [6.07, 6.45) is 4.19. The highest BCUT2D eigenvalue weighted by molar-refractivity contribution is 5.10. The van der Waals surface area contributed by atoms with Gasteiger partial charge in [-0.3, -0.25) is 4.68 Å². The van der Waals surface area contributed by atoms with Crippen molar-refractivity contribution < 1.29 is 9.84 Å². The number of rotatable bonds is 3. The zero-order chi connectivity index (χ0) is 10.8. The minimum atomic E-state index is -0.431. The summed E-state index contributed by atoms with van der Waals surface area (Å²) in [5.74, 6) is 0.231. The molecule has 1 N–H and O–H groups in total. The fourth-order valence-electron chi connectivity index (χ4n) is 1.86. The normalized spacial score (nSPS) is 23.6. The molecule has 1 fully saturated rings. The summed E-state index contributed by atoms with van der Waals surface area (Å²) in [5, 5.41) is 14.3. The number of ether oxygens (including phenoxy) is 1. The molecule has 0 spiro atoms. The molecule has 1 aromatic heterocycles. The molecule has 0 saturated carbocycles. The Morgan fingerprint density at radius 3 is 2.93 bits per heavy atom. The van der Waals surface area contributed by atoms with E-state index in [1.54, 1.807) is 6.20 Å². The van der Waals surface area contributed by atoms with Crippen molar-refractivity contribution in [3.8, 4) is 0 Å². The van der Waals surface area contributed by atoms with Gasteiger partial charge in [-0.1, -0.05) is 0 Å². The molecule has 2 rings (SSSR count). The molecule has 1 saturated heterocycles. The van der Waals surface area contributed by atoms with Gasteiger partial charge in [-0.15, -0.1) is 0 Å². The third kappa shape index (κ3) is 2.21. The molecule has 0 aliphatic carbocycles. The number of aliphatic hydroxyl groups excluding tert-OH is 1. The van der Waals surface area contributed by atoms with Crippen molar-refractivity contribution in [3.63, 3.8) is 0 Å². The molecule has 4 nitrogen and oxygen atoms in total. The lowest BCUT2D eigenvalue weighted by atomic mass is 9.97. The molecule has 1 aliphatic rings. The Kier molecular flexibility index (Phi) is 3.07. The summed E-state index contributed by atoms with van der Waals surface area (Å²) in [6.45, 7) is 5.57. The molecule has 2 atom stereocenters. The standard InChI is InChI=1S/C11H18N2O2/c1-8(2)13-6-10(5-12-13)11(14)9-3-4-15-7-9/h5-6,8-9,11,14H,3-4,7H2,1-2H3. The van der Waals surface area contributed by atoms with E-state index in [-0.39, 0.29) is 5.92 Å². The Hall–Kier alpha value is -0.870. The molecule has 0 radical (unpaired) electrons. The molecular formula is C11H18N2O2. The second kappa shape index (κ2) is 4.33. The first kappa shape index (κ1) is 10.6. The van der Waals surface area contributed by atoms with Gasteiger partial charge in [-0.2, -0.15) is 5.10 Å². The van der Waals surface area contributed by atoms with Gasteiger partial charge in [-0.25, -0.2) is 0 Å². The minimum absolute atomic E-state index is 0.231. The van der Waals surface area contributed by atoms with Gasteiger partial charge in [0.05, 0.1) is 18.9 Å². The average Bonchev–Trinajstić information content (AvgIpc) is 2.88. The van der Waals surface area contributed by atoms with Gasteiger partial charge in [0.1, 0.15) is 0 Å². The van der Waals surface area contributed by atoms with Crippen LogP contribution in [0, 0.1) is 5.92 Å². The summed E-state index contributed by atoms with van der Waals surface area (Å²) in [4.78, 5) is 0. The number of nitrogens with zero attached hydrogens (tertiary/aromatic N) is 2. The molecule has 2 unspecified atom stereocenters. The lowest BCUT2D eigenvalue weighted by molar-refractivity contribution is 0.0917. The van der Waals surface area contributed by atoms with Crippen molar-refractivity contribution in [2.24, 2.45) is 5.92 Å². The quantitative estimate of drug-likeness (QED) is 0.823. The van der Waals surface area contributed by atoms with Crippen LogP contribution >= 0.6 is 0 Å². The second-order valence-electron chi connectivity index (χ2n) is 4.42. The predicted octanol–water partition coefficient (Wildman–Crippen LogP) is 1.53. The van der Waals surface area contributed by atoms with Gasteiger partial charge in [-0.05, 0) is 20.3 Å². The van der Waals surface area contributed by atoms with Crippen molar-refractivity contribution in [3.05, 3.63) is 18.0 Å². The van der Waals surface area contributed by atoms with Gasteiger partial charge in [0, 0.05) is 30.3 Å². The topological polar surface area (TPSA) is 47.3 Å². The monoisotopic (exact) mass is 210 g/mol. The maximum atomic E-state index is 10.1. The van der Waals surface area contributed by atoms with Crippen LogP contribution in [0.3, 0.4) is 0 Å². The van der Waals surface area contributed by atoms with E-state index in [1.165, 1.54) is 0 Å². The van der Waals surface area contributed by atoms with E-state index in [2.05, 4.69) is 18.9 Å². The van der Waals surface area contributed by atoms with E-state index in [1.807, 2.05) is 10.9 Å². The summed E-state index contributed by atoms with van der Waals surface area (Å²) in [6, 6.07) is 0.339. The van der Waals surface area contributed by atoms with Crippen LogP contribution < -0.4 is 0 Å². The predicted molar refractivity (Wildman–Crippen MR) is 56.5 cm³/mol. The molecule has 1 aromatic rings. The highest BCUT2D eigenvalue weighted by atomic mass is 16.5. The summed E-state index contributed by atoms with van der Waals surface area (Å²) in [5.41, 5.74) is 0.902. The Bertz CT molecular complexity index is 316. The van der Waals surface area contributed by atoms with Crippen molar-refractivity contribution in [2.45, 2.75) is 32.4 Å². The first-order valence-corrected chi connectivity index (χ1v) is 5.48. The maximum absolute atomic E-state index is 10.1. The number of aliphatic hydroxyl groups is 1. The highest BCUT2D eigenvalue weighted by Gasteiger charge is 2.26. The molecule has 0 amide bonds. The maximum Gasteiger partial charge on any atom is 0.0871 e. The largest absolute Gasteiger partial charge is 0.388 e. The molecule has 0 aromatic carbocycles. The van der Waals surface area contributed by atoms with Crippen molar-refractivity contribution in [2.75, 3.05) is 13.2 Å². The van der Waals surface area contributed by atoms with Crippen LogP contribution in [0.1, 0.15) is 38.0 Å². The smallest absolute Gasteiger partial charge is 0.0871 e. The van der Waals surface area contributed by atoms with E-state index in [9.17, 15) is 5.11 Å². The number of hydrogen-bond acceptors (Lipinski definition) is 3. The minimum Gasteiger partial charge on any atom is -0.388 e. The second-order valence-corrected chi connectivity index (χ2v) is 4.42. The van der Waals surface area contributed by atoms with Crippen molar-refractivity contribution >= 4 is 0 Å². The summed E-state index contributed by atoms with van der Waals surface area (Å²) >= 11 is 0. The van der Waals surface area contributed by atoms with E-state index in [4.69, 9.17) is 4.74 Å². The Morgan fingerprint density at radius 2 is 2.40 bits per heavy atom. The van der Waals surface area contributed by atoms with Gasteiger partial charge in [0.15, 0.2) is 0 Å². The Morgan fingerprint density at radius 1 is 1.60 bits per heavy atom. The van der Waals surface area contributed by atoms with Crippen LogP contribution in [-0.2, 0) is 4.74 Å². The molecule has 4 heteroatoms. The van der Waals surface area contributed by atoms with Crippen LogP contribution in [0.5, 0.6) is 0 Å². The molecule has 0 bridgehead atoms. The molecular weight excluding hydrogens is 192 g/mol. The van der Waals surface area contributed by atoms with Crippen LogP contribution in [0.25, 0.3) is 0 Å². The number of aromatic nitrogens is 2. The molecule has 15 heavy (non-hydrogen) atoms. The molecule has 1 aliphatic heterocycles.